The maximum absolute atomic E-state index is 4.15. The summed E-state index contributed by atoms with van der Waals surface area (Å²) in [6, 6.07) is 0. The zero-order chi connectivity index (χ0) is 12.1. The van der Waals surface area contributed by atoms with Crippen molar-refractivity contribution in [2.75, 3.05) is 0 Å². The van der Waals surface area contributed by atoms with E-state index >= 15 is 0 Å². The number of hydrogen-bond donors (Lipinski definition) is 0. The Bertz CT molecular complexity index is 375. The van der Waals surface area contributed by atoms with Crippen LogP contribution in [0.3, 0.4) is 0 Å². The molecule has 0 heteroatoms. The summed E-state index contributed by atoms with van der Waals surface area (Å²) in [5, 5.41) is 0. The van der Waals surface area contributed by atoms with E-state index in [0.29, 0.717) is 11.8 Å². The molecule has 0 heterocycles. The van der Waals surface area contributed by atoms with Crippen LogP contribution in [0.25, 0.3) is 0 Å². The van der Waals surface area contributed by atoms with Gasteiger partial charge in [-0.25, -0.2) is 0 Å². The van der Waals surface area contributed by atoms with E-state index in [0.717, 1.165) is 5.57 Å². The lowest BCUT2D eigenvalue weighted by atomic mass is 9.81. The van der Waals surface area contributed by atoms with Gasteiger partial charge < -0.3 is 0 Å². The lowest BCUT2D eigenvalue weighted by Crippen LogP contribution is -2.12. The predicted molar refractivity (Wildman–Crippen MR) is 73.3 cm³/mol. The molecule has 0 fully saturated rings. The van der Waals surface area contributed by atoms with Gasteiger partial charge in [0.05, 0.1) is 0 Å². The highest BCUT2D eigenvalue weighted by Crippen LogP contribution is 2.30. The summed E-state index contributed by atoms with van der Waals surface area (Å²) in [5.74, 6) is 1.17. The van der Waals surface area contributed by atoms with Crippen LogP contribution in [0.5, 0.6) is 0 Å². The molecule has 0 saturated carbocycles. The Morgan fingerprint density at radius 2 is 2.00 bits per heavy atom. The molecular weight excluding hydrogens is 192 g/mol. The molecule has 0 saturated heterocycles. The molecule has 0 N–H and O–H groups in total. The molecular formula is C16H22. The largest absolute Gasteiger partial charge is 0.0915 e. The van der Waals surface area contributed by atoms with Crippen molar-refractivity contribution >= 4 is 0 Å². The Hall–Kier alpha value is -1.30. The zero-order valence-corrected chi connectivity index (χ0v) is 10.8. The summed E-state index contributed by atoms with van der Waals surface area (Å²) >= 11 is 0. The van der Waals surface area contributed by atoms with Crippen molar-refractivity contribution in [1.82, 2.24) is 0 Å². The van der Waals surface area contributed by atoms with Gasteiger partial charge in [-0.3, -0.25) is 0 Å². The molecule has 0 amide bonds. The molecule has 0 aromatic carbocycles. The summed E-state index contributed by atoms with van der Waals surface area (Å²) in [7, 11) is 0. The minimum absolute atomic E-state index is 0.563. The van der Waals surface area contributed by atoms with Gasteiger partial charge in [0.25, 0.3) is 0 Å². The highest BCUT2D eigenvalue weighted by atomic mass is 14.2. The highest BCUT2D eigenvalue weighted by Gasteiger charge is 2.17. The minimum atomic E-state index is 0.563. The fraction of sp³-hybridized carbons (Fsp3) is 0.375. The molecule has 0 aliphatic heterocycles. The van der Waals surface area contributed by atoms with Crippen LogP contribution in [0, 0.1) is 11.8 Å². The van der Waals surface area contributed by atoms with Crippen LogP contribution in [0.4, 0.5) is 0 Å². The molecule has 1 aliphatic carbocycles. The second-order valence-electron chi connectivity index (χ2n) is 4.55. The Kier molecular flexibility index (Phi) is 4.54. The van der Waals surface area contributed by atoms with Gasteiger partial charge in [-0.1, -0.05) is 62.5 Å². The summed E-state index contributed by atoms with van der Waals surface area (Å²) in [4.78, 5) is 0. The van der Waals surface area contributed by atoms with Gasteiger partial charge in [0.2, 0.25) is 0 Å². The molecule has 86 valence electrons. The topological polar surface area (TPSA) is 0 Å². The third-order valence-corrected chi connectivity index (χ3v) is 3.34. The summed E-state index contributed by atoms with van der Waals surface area (Å²) in [6.45, 7) is 12.8. The van der Waals surface area contributed by atoms with Gasteiger partial charge in [-0.15, -0.1) is 0 Å². The van der Waals surface area contributed by atoms with E-state index in [1.54, 1.807) is 0 Å². The van der Waals surface area contributed by atoms with Gasteiger partial charge in [0.15, 0.2) is 0 Å². The van der Waals surface area contributed by atoms with E-state index < -0.39 is 0 Å². The van der Waals surface area contributed by atoms with Gasteiger partial charge in [0.1, 0.15) is 0 Å². The first-order chi connectivity index (χ1) is 7.56. The zero-order valence-electron chi connectivity index (χ0n) is 10.8. The van der Waals surface area contributed by atoms with Crippen molar-refractivity contribution in [3.63, 3.8) is 0 Å². The smallest absolute Gasteiger partial charge is 0.0124 e. The SMILES string of the molecule is C=C(/C=C\C(C)=C\C)C1=CC=C[C@@H](C)[C@H]1C. The van der Waals surface area contributed by atoms with Crippen LogP contribution in [0.2, 0.25) is 0 Å². The standard InChI is InChI=1S/C16H22/c1-6-12(2)10-11-14(4)16-9-7-8-13(3)15(16)5/h6-11,13,15H,4H2,1-3,5H3/b11-10-,12-6+/t13-,15-/m1/s1. The van der Waals surface area contributed by atoms with Crippen LogP contribution in [0.1, 0.15) is 27.7 Å². The molecule has 0 aromatic rings. The number of allylic oxidation sites excluding steroid dienone is 9. The van der Waals surface area contributed by atoms with Gasteiger partial charge in [-0.2, -0.15) is 0 Å². The predicted octanol–water partition coefficient (Wildman–Crippen LogP) is 4.83. The van der Waals surface area contributed by atoms with E-state index in [-0.39, 0.29) is 0 Å². The van der Waals surface area contributed by atoms with Crippen LogP contribution in [-0.2, 0) is 0 Å². The van der Waals surface area contributed by atoms with Crippen molar-refractivity contribution in [3.8, 4) is 0 Å². The molecule has 1 rings (SSSR count). The highest BCUT2D eigenvalue weighted by molar-refractivity contribution is 5.44. The van der Waals surface area contributed by atoms with Gasteiger partial charge in [-0.05, 0) is 36.8 Å². The molecule has 0 spiro atoms. The van der Waals surface area contributed by atoms with E-state index in [2.05, 4.69) is 70.7 Å². The maximum atomic E-state index is 4.15. The van der Waals surface area contributed by atoms with Crippen LogP contribution < -0.4 is 0 Å². The first-order valence-electron chi connectivity index (χ1n) is 5.95. The molecule has 0 nitrogen and oxygen atoms in total. The van der Waals surface area contributed by atoms with E-state index in [1.807, 2.05) is 0 Å². The fourth-order valence-corrected chi connectivity index (χ4v) is 1.76. The minimum Gasteiger partial charge on any atom is -0.0915 e. The van der Waals surface area contributed by atoms with E-state index in [9.17, 15) is 0 Å². The maximum Gasteiger partial charge on any atom is -0.0124 e. The van der Waals surface area contributed by atoms with Crippen molar-refractivity contribution in [3.05, 3.63) is 59.8 Å². The van der Waals surface area contributed by atoms with Crippen LogP contribution in [-0.4, -0.2) is 0 Å². The lowest BCUT2D eigenvalue weighted by Gasteiger charge is -2.23. The molecule has 0 unspecified atom stereocenters. The van der Waals surface area contributed by atoms with Crippen LogP contribution in [0.15, 0.2) is 59.8 Å². The summed E-state index contributed by atoms with van der Waals surface area (Å²) in [6.07, 6.45) is 12.9. The van der Waals surface area contributed by atoms with Gasteiger partial charge >= 0.3 is 0 Å². The molecule has 16 heavy (non-hydrogen) atoms. The first-order valence-corrected chi connectivity index (χ1v) is 5.95. The average Bonchev–Trinajstić information content (AvgIpc) is 2.29. The summed E-state index contributed by atoms with van der Waals surface area (Å²) in [5.41, 5.74) is 3.76. The quantitative estimate of drug-likeness (QED) is 0.590. The molecule has 1 aliphatic rings. The number of rotatable bonds is 3. The van der Waals surface area contributed by atoms with Crippen molar-refractivity contribution < 1.29 is 0 Å². The first kappa shape index (κ1) is 12.8. The van der Waals surface area contributed by atoms with Crippen molar-refractivity contribution in [2.24, 2.45) is 11.8 Å². The summed E-state index contributed by atoms with van der Waals surface area (Å²) < 4.78 is 0. The molecule has 0 aromatic heterocycles. The Morgan fingerprint density at radius 3 is 2.62 bits per heavy atom. The Labute approximate surface area is 99.8 Å². The van der Waals surface area contributed by atoms with Gasteiger partial charge in [0, 0.05) is 0 Å². The lowest BCUT2D eigenvalue weighted by molar-refractivity contribution is 0.529. The van der Waals surface area contributed by atoms with Crippen LogP contribution >= 0.6 is 0 Å². The third-order valence-electron chi connectivity index (χ3n) is 3.34. The Morgan fingerprint density at radius 1 is 1.31 bits per heavy atom. The molecule has 0 radical (unpaired) electrons. The second kappa shape index (κ2) is 5.69. The second-order valence-corrected chi connectivity index (χ2v) is 4.55. The normalized spacial score (nSPS) is 26.0. The van der Waals surface area contributed by atoms with E-state index in [4.69, 9.17) is 0 Å². The van der Waals surface area contributed by atoms with Crippen molar-refractivity contribution in [2.45, 2.75) is 27.7 Å². The monoisotopic (exact) mass is 214 g/mol. The molecule has 2 atom stereocenters. The number of hydrogen-bond acceptors (Lipinski definition) is 0. The third kappa shape index (κ3) is 3.10. The van der Waals surface area contributed by atoms with E-state index in [1.165, 1.54) is 11.1 Å². The van der Waals surface area contributed by atoms with Crippen molar-refractivity contribution in [1.29, 1.82) is 0 Å². The Balaban J connectivity index is 2.79. The molecule has 0 bridgehead atoms. The fourth-order valence-electron chi connectivity index (χ4n) is 1.76. The average molecular weight is 214 g/mol.